The Hall–Kier alpha value is -3.29. The summed E-state index contributed by atoms with van der Waals surface area (Å²) in [6.45, 7) is 0.943. The molecule has 1 aliphatic rings. The largest absolute Gasteiger partial charge is 0.493 e. The number of carbonyl (C=O) groups is 2. The number of halogens is 1. The summed E-state index contributed by atoms with van der Waals surface area (Å²) >= 11 is 0. The highest BCUT2D eigenvalue weighted by Crippen LogP contribution is 2.27. The standard InChI is InChI=1S/C22H26FN3O4/c1-29-19-10-5-15(14-20(19)30-2)11-12-24-21(27)18-4-3-13-26(18)22(28)25-17-8-6-16(23)7-9-17/h5-10,14,18H,3-4,11-13H2,1-2H3,(H,24,27)(H,25,28)/t18-/m1/s1. The number of amides is 3. The molecule has 0 unspecified atom stereocenters. The molecule has 7 nitrogen and oxygen atoms in total. The zero-order valence-corrected chi connectivity index (χ0v) is 17.1. The second kappa shape index (κ2) is 9.96. The molecule has 1 atom stereocenters. The molecule has 8 heteroatoms. The van der Waals surface area contributed by atoms with E-state index in [1.807, 2.05) is 18.2 Å². The van der Waals surface area contributed by atoms with Crippen LogP contribution in [0.2, 0.25) is 0 Å². The van der Waals surface area contributed by atoms with E-state index in [1.165, 1.54) is 29.2 Å². The highest BCUT2D eigenvalue weighted by atomic mass is 19.1. The molecule has 0 spiro atoms. The lowest BCUT2D eigenvalue weighted by Crippen LogP contribution is -2.47. The third-order valence-electron chi connectivity index (χ3n) is 5.07. The minimum atomic E-state index is -0.518. The third-order valence-corrected chi connectivity index (χ3v) is 5.07. The van der Waals surface area contributed by atoms with Gasteiger partial charge in [0.05, 0.1) is 14.2 Å². The van der Waals surface area contributed by atoms with Crippen LogP contribution in [0.5, 0.6) is 11.5 Å². The first-order valence-corrected chi connectivity index (χ1v) is 9.83. The molecule has 2 aromatic rings. The van der Waals surface area contributed by atoms with Crippen molar-refractivity contribution < 1.29 is 23.5 Å². The SMILES string of the molecule is COc1ccc(CCNC(=O)[C@H]2CCCN2C(=O)Nc2ccc(F)cc2)cc1OC. The number of rotatable bonds is 7. The van der Waals surface area contributed by atoms with Gasteiger partial charge in [0, 0.05) is 18.8 Å². The maximum absolute atomic E-state index is 13.0. The molecule has 0 aromatic heterocycles. The first-order valence-electron chi connectivity index (χ1n) is 9.83. The smallest absolute Gasteiger partial charge is 0.322 e. The summed E-state index contributed by atoms with van der Waals surface area (Å²) in [7, 11) is 3.16. The number of benzene rings is 2. The molecule has 1 fully saturated rings. The number of methoxy groups -OCH3 is 2. The van der Waals surface area contributed by atoms with Crippen molar-refractivity contribution in [1.82, 2.24) is 10.2 Å². The van der Waals surface area contributed by atoms with Crippen LogP contribution >= 0.6 is 0 Å². The highest BCUT2D eigenvalue weighted by Gasteiger charge is 2.34. The number of carbonyl (C=O) groups excluding carboxylic acids is 2. The van der Waals surface area contributed by atoms with E-state index in [2.05, 4.69) is 10.6 Å². The number of urea groups is 1. The van der Waals surface area contributed by atoms with Crippen LogP contribution in [0.15, 0.2) is 42.5 Å². The van der Waals surface area contributed by atoms with Gasteiger partial charge in [0.1, 0.15) is 11.9 Å². The van der Waals surface area contributed by atoms with Gasteiger partial charge in [-0.05, 0) is 61.2 Å². The predicted molar refractivity (Wildman–Crippen MR) is 111 cm³/mol. The summed E-state index contributed by atoms with van der Waals surface area (Å²) in [4.78, 5) is 26.7. The van der Waals surface area contributed by atoms with Crippen LogP contribution in [0, 0.1) is 5.82 Å². The predicted octanol–water partition coefficient (Wildman–Crippen LogP) is 3.20. The van der Waals surface area contributed by atoms with E-state index in [4.69, 9.17) is 9.47 Å². The molecule has 30 heavy (non-hydrogen) atoms. The molecule has 1 aliphatic heterocycles. The molecule has 0 bridgehead atoms. The topological polar surface area (TPSA) is 79.9 Å². The van der Waals surface area contributed by atoms with Crippen LogP contribution in [-0.4, -0.2) is 50.2 Å². The van der Waals surface area contributed by atoms with Gasteiger partial charge in [-0.25, -0.2) is 9.18 Å². The van der Waals surface area contributed by atoms with Crippen molar-refractivity contribution in [2.75, 3.05) is 32.6 Å². The molecule has 2 N–H and O–H groups in total. The molecule has 160 valence electrons. The Labute approximate surface area is 175 Å². The second-order valence-electron chi connectivity index (χ2n) is 7.02. The lowest BCUT2D eigenvalue weighted by Gasteiger charge is -2.24. The van der Waals surface area contributed by atoms with Gasteiger partial charge in [-0.2, -0.15) is 0 Å². The summed E-state index contributed by atoms with van der Waals surface area (Å²) < 4.78 is 23.5. The normalized spacial score (nSPS) is 15.6. The van der Waals surface area contributed by atoms with Gasteiger partial charge in [0.2, 0.25) is 5.91 Å². The van der Waals surface area contributed by atoms with Crippen molar-refractivity contribution in [3.8, 4) is 11.5 Å². The van der Waals surface area contributed by atoms with Gasteiger partial charge in [-0.3, -0.25) is 4.79 Å². The average Bonchev–Trinajstić information content (AvgIpc) is 3.25. The summed E-state index contributed by atoms with van der Waals surface area (Å²) in [5.41, 5.74) is 1.49. The highest BCUT2D eigenvalue weighted by molar-refractivity contribution is 5.94. The maximum Gasteiger partial charge on any atom is 0.322 e. The van der Waals surface area contributed by atoms with Crippen molar-refractivity contribution in [1.29, 1.82) is 0 Å². The fraction of sp³-hybridized carbons (Fsp3) is 0.364. The van der Waals surface area contributed by atoms with Gasteiger partial charge in [-0.15, -0.1) is 0 Å². The van der Waals surface area contributed by atoms with Crippen molar-refractivity contribution >= 4 is 17.6 Å². The van der Waals surface area contributed by atoms with E-state index < -0.39 is 6.04 Å². The number of likely N-dealkylation sites (tertiary alicyclic amines) is 1. The summed E-state index contributed by atoms with van der Waals surface area (Å²) in [5, 5.41) is 5.63. The molecule has 3 rings (SSSR count). The van der Waals surface area contributed by atoms with Crippen molar-refractivity contribution in [3.63, 3.8) is 0 Å². The van der Waals surface area contributed by atoms with E-state index in [0.29, 0.717) is 43.1 Å². The van der Waals surface area contributed by atoms with E-state index in [1.54, 1.807) is 14.2 Å². The van der Waals surface area contributed by atoms with Gasteiger partial charge < -0.3 is 25.0 Å². The summed E-state index contributed by atoms with van der Waals surface area (Å²) in [6.07, 6.45) is 1.99. The van der Waals surface area contributed by atoms with Gasteiger partial charge in [0.15, 0.2) is 11.5 Å². The van der Waals surface area contributed by atoms with Gasteiger partial charge in [-0.1, -0.05) is 6.07 Å². The van der Waals surface area contributed by atoms with Gasteiger partial charge >= 0.3 is 6.03 Å². The van der Waals surface area contributed by atoms with Crippen molar-refractivity contribution in [2.24, 2.45) is 0 Å². The first kappa shape index (κ1) is 21.4. The number of ether oxygens (including phenoxy) is 2. The number of nitrogens with zero attached hydrogens (tertiary/aromatic N) is 1. The molecule has 0 aliphatic carbocycles. The Balaban J connectivity index is 1.53. The van der Waals surface area contributed by atoms with Crippen LogP contribution in [0.1, 0.15) is 18.4 Å². The average molecular weight is 415 g/mol. The fourth-order valence-corrected chi connectivity index (χ4v) is 3.49. The first-order chi connectivity index (χ1) is 14.5. The van der Waals surface area contributed by atoms with Crippen LogP contribution in [-0.2, 0) is 11.2 Å². The summed E-state index contributed by atoms with van der Waals surface area (Å²) in [6, 6.07) is 10.3. The summed E-state index contributed by atoms with van der Waals surface area (Å²) in [5.74, 6) is 0.739. The van der Waals surface area contributed by atoms with Crippen molar-refractivity contribution in [3.05, 3.63) is 53.8 Å². The molecule has 2 aromatic carbocycles. The number of nitrogens with one attached hydrogen (secondary N) is 2. The molecule has 0 radical (unpaired) electrons. The molecule has 0 saturated carbocycles. The van der Waals surface area contributed by atoms with Crippen LogP contribution in [0.3, 0.4) is 0 Å². The fourth-order valence-electron chi connectivity index (χ4n) is 3.49. The number of anilines is 1. The van der Waals surface area contributed by atoms with Crippen LogP contribution in [0.4, 0.5) is 14.9 Å². The molecule has 1 heterocycles. The van der Waals surface area contributed by atoms with Crippen LogP contribution < -0.4 is 20.1 Å². The maximum atomic E-state index is 13.0. The quantitative estimate of drug-likeness (QED) is 0.728. The van der Waals surface area contributed by atoms with E-state index >= 15 is 0 Å². The lowest BCUT2D eigenvalue weighted by molar-refractivity contribution is -0.124. The third kappa shape index (κ3) is 5.20. The lowest BCUT2D eigenvalue weighted by atomic mass is 10.1. The molecule has 1 saturated heterocycles. The zero-order valence-electron chi connectivity index (χ0n) is 17.1. The Morgan fingerprint density at radius 3 is 2.53 bits per heavy atom. The van der Waals surface area contributed by atoms with Gasteiger partial charge in [0.25, 0.3) is 0 Å². The Morgan fingerprint density at radius 2 is 1.83 bits per heavy atom. The zero-order chi connectivity index (χ0) is 21.5. The second-order valence-corrected chi connectivity index (χ2v) is 7.02. The molecular weight excluding hydrogens is 389 g/mol. The van der Waals surface area contributed by atoms with Crippen molar-refractivity contribution in [2.45, 2.75) is 25.3 Å². The minimum Gasteiger partial charge on any atom is -0.493 e. The Morgan fingerprint density at radius 1 is 1.10 bits per heavy atom. The minimum absolute atomic E-state index is 0.178. The Kier molecular flexibility index (Phi) is 7.11. The monoisotopic (exact) mass is 415 g/mol. The van der Waals surface area contributed by atoms with E-state index in [-0.39, 0.29) is 17.8 Å². The van der Waals surface area contributed by atoms with E-state index in [9.17, 15) is 14.0 Å². The van der Waals surface area contributed by atoms with Crippen LogP contribution in [0.25, 0.3) is 0 Å². The Bertz CT molecular complexity index is 888. The molecular formula is C22H26FN3O4. The number of hydrogen-bond acceptors (Lipinski definition) is 4. The number of hydrogen-bond donors (Lipinski definition) is 2. The van der Waals surface area contributed by atoms with E-state index in [0.717, 1.165) is 12.0 Å². The molecule has 3 amide bonds.